The first-order chi connectivity index (χ1) is 3.68. The van der Waals surface area contributed by atoms with E-state index in [1.165, 1.54) is 0 Å². The van der Waals surface area contributed by atoms with E-state index in [1.807, 2.05) is 6.92 Å². The number of rotatable bonds is 1. The minimum atomic E-state index is -0.890. The Morgan fingerprint density at radius 2 is 2.38 bits per heavy atom. The second-order valence-corrected chi connectivity index (χ2v) is 4.15. The van der Waals surface area contributed by atoms with Crippen LogP contribution in [0.25, 0.3) is 0 Å². The maximum atomic E-state index is 8.78. The van der Waals surface area contributed by atoms with Crippen molar-refractivity contribution in [2.75, 3.05) is 6.61 Å². The molecule has 4 heteroatoms. The molecule has 2 atom stereocenters. The van der Waals surface area contributed by atoms with E-state index in [1.54, 1.807) is 6.92 Å². The van der Waals surface area contributed by atoms with Crippen LogP contribution in [0.5, 0.6) is 0 Å². The number of aliphatic hydroxyl groups is 1. The van der Waals surface area contributed by atoms with Crippen LogP contribution in [0.4, 0.5) is 0 Å². The standard InChI is InChI=1S/C4H11O2PS/c1-3-6-8(7)4(2)5/h4-5,8H,3H2,1-2H3. The Morgan fingerprint density at radius 3 is 2.50 bits per heavy atom. The average molecular weight is 154 g/mol. The van der Waals surface area contributed by atoms with Crippen LogP contribution in [0.3, 0.4) is 0 Å². The van der Waals surface area contributed by atoms with Crippen LogP contribution < -0.4 is 0 Å². The molecule has 0 aliphatic rings. The van der Waals surface area contributed by atoms with Gasteiger partial charge in [-0.25, -0.2) is 0 Å². The summed E-state index contributed by atoms with van der Waals surface area (Å²) < 4.78 is 4.98. The maximum absolute atomic E-state index is 8.78. The number of aliphatic hydroxyl groups excluding tert-OH is 1. The molecule has 0 heterocycles. The van der Waals surface area contributed by atoms with E-state index >= 15 is 0 Å². The van der Waals surface area contributed by atoms with Crippen LogP contribution in [0.2, 0.25) is 0 Å². The topological polar surface area (TPSA) is 29.5 Å². The SMILES string of the molecule is CCO[SH](#P)C(C)O. The summed E-state index contributed by atoms with van der Waals surface area (Å²) in [5.74, 6) is 0. The Balaban J connectivity index is 3.39. The van der Waals surface area contributed by atoms with Gasteiger partial charge in [-0.3, -0.25) is 0 Å². The number of thiol groups is 1. The second kappa shape index (κ2) is 4.57. The summed E-state index contributed by atoms with van der Waals surface area (Å²) in [5, 5.41) is 8.78. The van der Waals surface area contributed by atoms with Crippen molar-refractivity contribution in [3.63, 3.8) is 0 Å². The molecule has 0 amide bonds. The van der Waals surface area contributed by atoms with Gasteiger partial charge in [0.05, 0.1) is 0 Å². The molecule has 0 bridgehead atoms. The molecule has 0 aliphatic carbocycles. The van der Waals surface area contributed by atoms with Gasteiger partial charge in [0.2, 0.25) is 0 Å². The van der Waals surface area contributed by atoms with Crippen molar-refractivity contribution in [2.45, 2.75) is 19.3 Å². The molecule has 0 rings (SSSR count). The van der Waals surface area contributed by atoms with E-state index in [-0.39, 0.29) is 0 Å². The molecule has 8 heavy (non-hydrogen) atoms. The van der Waals surface area contributed by atoms with Gasteiger partial charge in [0, 0.05) is 0 Å². The molecule has 2 nitrogen and oxygen atoms in total. The van der Waals surface area contributed by atoms with Crippen molar-refractivity contribution in [3.8, 4) is 0 Å². The van der Waals surface area contributed by atoms with Crippen molar-refractivity contribution in [1.29, 1.82) is 0 Å². The molecule has 0 aliphatic heterocycles. The minimum absolute atomic E-state index is 0.423. The van der Waals surface area contributed by atoms with Crippen LogP contribution >= 0.6 is 18.0 Å². The van der Waals surface area contributed by atoms with Gasteiger partial charge in [0.1, 0.15) is 0 Å². The normalized spacial score (nSPS) is 17.8. The average Bonchev–Trinajstić information content (AvgIpc) is 1.67. The van der Waals surface area contributed by atoms with E-state index in [4.69, 9.17) is 9.29 Å². The summed E-state index contributed by atoms with van der Waals surface area (Å²) in [6.07, 6.45) is 0. The summed E-state index contributed by atoms with van der Waals surface area (Å²) >= 11 is 0. The van der Waals surface area contributed by atoms with Crippen LogP contribution in [0.1, 0.15) is 13.8 Å². The predicted molar refractivity (Wildman–Crippen MR) is 39.2 cm³/mol. The fraction of sp³-hybridized carbons (Fsp3) is 1.00. The summed E-state index contributed by atoms with van der Waals surface area (Å²) in [6, 6.07) is 0. The van der Waals surface area contributed by atoms with E-state index in [2.05, 4.69) is 7.81 Å². The first kappa shape index (κ1) is 8.70. The predicted octanol–water partition coefficient (Wildman–Crippen LogP) is 1.60. The van der Waals surface area contributed by atoms with E-state index in [9.17, 15) is 0 Å². The second-order valence-electron chi connectivity index (χ2n) is 1.35. The van der Waals surface area contributed by atoms with Gasteiger partial charge in [0.15, 0.2) is 0 Å². The van der Waals surface area contributed by atoms with Crippen molar-refractivity contribution in [2.24, 2.45) is 0 Å². The zero-order chi connectivity index (χ0) is 6.57. The van der Waals surface area contributed by atoms with Gasteiger partial charge in [0.25, 0.3) is 0 Å². The van der Waals surface area contributed by atoms with Gasteiger partial charge >= 0.3 is 53.1 Å². The summed E-state index contributed by atoms with van der Waals surface area (Å²) in [4.78, 5) is 0. The van der Waals surface area contributed by atoms with Crippen LogP contribution in [-0.4, -0.2) is 17.1 Å². The molecule has 1 N–H and O–H groups in total. The fourth-order valence-electron chi connectivity index (χ4n) is 0.240. The molecule has 0 spiro atoms. The third kappa shape index (κ3) is 3.67. The summed E-state index contributed by atoms with van der Waals surface area (Å²) in [6.45, 7) is 4.18. The van der Waals surface area contributed by atoms with Gasteiger partial charge in [-0.05, 0) is 0 Å². The molecule has 0 radical (unpaired) electrons. The monoisotopic (exact) mass is 154 g/mol. The Morgan fingerprint density at radius 1 is 1.88 bits per heavy atom. The molecule has 0 fully saturated rings. The molecule has 2 unspecified atom stereocenters. The zero-order valence-corrected chi connectivity index (χ0v) is 6.82. The van der Waals surface area contributed by atoms with Crippen LogP contribution in [-0.2, 0) is 4.18 Å². The Hall–Kier alpha value is 0.700. The molecular formula is C4H11O2PS. The Labute approximate surface area is 53.8 Å². The van der Waals surface area contributed by atoms with Crippen molar-refractivity contribution in [1.82, 2.24) is 0 Å². The molecule has 0 saturated heterocycles. The van der Waals surface area contributed by atoms with Crippen LogP contribution in [0, 0.1) is 0 Å². The van der Waals surface area contributed by atoms with Gasteiger partial charge in [-0.1, -0.05) is 0 Å². The molecule has 0 saturated carbocycles. The van der Waals surface area contributed by atoms with E-state index in [0.717, 1.165) is 0 Å². The van der Waals surface area contributed by atoms with Crippen LogP contribution in [0.15, 0.2) is 0 Å². The number of hydrogen-bond acceptors (Lipinski definition) is 2. The van der Waals surface area contributed by atoms with Gasteiger partial charge < -0.3 is 0 Å². The quantitative estimate of drug-likeness (QED) is 0.443. The first-order valence-electron chi connectivity index (χ1n) is 2.47. The fourth-order valence-corrected chi connectivity index (χ4v) is 1.07. The molecular weight excluding hydrogens is 143 g/mol. The summed E-state index contributed by atoms with van der Waals surface area (Å²) in [7, 11) is 3.11. The third-order valence-corrected chi connectivity index (χ3v) is 3.09. The Kier molecular flexibility index (Phi) is 4.97. The zero-order valence-electron chi connectivity index (χ0n) is 5.03. The van der Waals surface area contributed by atoms with Gasteiger partial charge in [-0.2, -0.15) is 0 Å². The molecule has 50 valence electrons. The Bertz CT molecular complexity index is 115. The summed E-state index contributed by atoms with van der Waals surface area (Å²) in [5.41, 5.74) is -0.423. The first-order valence-corrected chi connectivity index (χ1v) is 4.95. The van der Waals surface area contributed by atoms with Gasteiger partial charge in [-0.15, -0.1) is 0 Å². The van der Waals surface area contributed by atoms with Crippen molar-refractivity contribution in [3.05, 3.63) is 0 Å². The van der Waals surface area contributed by atoms with Crippen molar-refractivity contribution < 1.29 is 9.29 Å². The van der Waals surface area contributed by atoms with E-state index < -0.39 is 15.6 Å². The molecule has 0 aromatic rings. The van der Waals surface area contributed by atoms with E-state index in [0.29, 0.717) is 6.61 Å². The molecule has 0 aromatic heterocycles. The van der Waals surface area contributed by atoms with Crippen molar-refractivity contribution >= 4 is 18.0 Å². The molecule has 0 aromatic carbocycles. The third-order valence-electron chi connectivity index (χ3n) is 0.581. The number of hydrogen-bond donors (Lipinski definition) is 2.